The minimum absolute atomic E-state index is 0.0369. The third kappa shape index (κ3) is 2.87. The van der Waals surface area contributed by atoms with Crippen LogP contribution in [0.3, 0.4) is 0 Å². The minimum Gasteiger partial charge on any atom is -0.352 e. The van der Waals surface area contributed by atoms with Gasteiger partial charge in [0.25, 0.3) is 0 Å². The van der Waals surface area contributed by atoms with Crippen molar-refractivity contribution in [2.75, 3.05) is 11.9 Å². The Hall–Kier alpha value is -2.44. The number of nitrogens with one attached hydrogen (secondary N) is 2. The van der Waals surface area contributed by atoms with Crippen molar-refractivity contribution in [3.05, 3.63) is 30.3 Å². The smallest absolute Gasteiger partial charge is 0.248 e. The molecule has 1 aromatic heterocycles. The zero-order valence-electron chi connectivity index (χ0n) is 10.3. The van der Waals surface area contributed by atoms with Gasteiger partial charge in [0.2, 0.25) is 11.9 Å². The van der Waals surface area contributed by atoms with E-state index in [-0.39, 0.29) is 12.5 Å². The van der Waals surface area contributed by atoms with Gasteiger partial charge in [-0.2, -0.15) is 4.68 Å². The van der Waals surface area contributed by atoms with Crippen molar-refractivity contribution in [1.29, 1.82) is 0 Å². The molecule has 0 bridgehead atoms. The van der Waals surface area contributed by atoms with Gasteiger partial charge in [-0.25, -0.2) is 0 Å². The Kier molecular flexibility index (Phi) is 3.09. The van der Waals surface area contributed by atoms with Crippen molar-refractivity contribution in [3.63, 3.8) is 0 Å². The summed E-state index contributed by atoms with van der Waals surface area (Å²) in [6.07, 6.45) is 2.15. The van der Waals surface area contributed by atoms with Gasteiger partial charge < -0.3 is 10.6 Å². The van der Waals surface area contributed by atoms with E-state index in [9.17, 15) is 4.79 Å². The first kappa shape index (κ1) is 11.6. The second kappa shape index (κ2) is 5.05. The van der Waals surface area contributed by atoms with E-state index in [1.807, 2.05) is 30.3 Å². The first-order valence-electron chi connectivity index (χ1n) is 6.20. The van der Waals surface area contributed by atoms with E-state index in [4.69, 9.17) is 0 Å². The summed E-state index contributed by atoms with van der Waals surface area (Å²) in [6, 6.07) is 9.88. The van der Waals surface area contributed by atoms with Crippen LogP contribution in [0.1, 0.15) is 12.8 Å². The summed E-state index contributed by atoms with van der Waals surface area (Å²) in [5, 5.41) is 17.2. The highest BCUT2D eigenvalue weighted by Gasteiger charge is 2.23. The predicted molar refractivity (Wildman–Crippen MR) is 68.8 cm³/mol. The number of para-hydroxylation sites is 1. The molecule has 7 heteroatoms. The Balaban J connectivity index is 1.65. The maximum absolute atomic E-state index is 11.6. The molecular weight excluding hydrogens is 244 g/mol. The van der Waals surface area contributed by atoms with Gasteiger partial charge in [-0.15, -0.1) is 0 Å². The summed E-state index contributed by atoms with van der Waals surface area (Å²) in [4.78, 5) is 11.6. The zero-order valence-corrected chi connectivity index (χ0v) is 10.3. The Labute approximate surface area is 110 Å². The number of nitrogens with zero attached hydrogens (tertiary/aromatic N) is 4. The van der Waals surface area contributed by atoms with Gasteiger partial charge in [-0.05, 0) is 35.4 Å². The maximum Gasteiger partial charge on any atom is 0.248 e. The average molecular weight is 258 g/mol. The molecule has 1 amide bonds. The normalized spacial score (nSPS) is 14.1. The number of anilines is 1. The van der Waals surface area contributed by atoms with E-state index in [2.05, 4.69) is 26.2 Å². The monoisotopic (exact) mass is 258 g/mol. The Morgan fingerprint density at radius 3 is 2.84 bits per heavy atom. The fourth-order valence-electron chi connectivity index (χ4n) is 1.71. The van der Waals surface area contributed by atoms with E-state index in [1.54, 1.807) is 4.68 Å². The highest BCUT2D eigenvalue weighted by Crippen LogP contribution is 2.18. The highest BCUT2D eigenvalue weighted by molar-refractivity contribution is 5.80. The third-order valence-corrected chi connectivity index (χ3v) is 2.82. The molecule has 1 saturated carbocycles. The molecule has 7 nitrogen and oxygen atoms in total. The maximum atomic E-state index is 11.6. The quantitative estimate of drug-likeness (QED) is 0.808. The second-order valence-corrected chi connectivity index (χ2v) is 4.45. The van der Waals surface area contributed by atoms with E-state index in [1.165, 1.54) is 0 Å². The van der Waals surface area contributed by atoms with Crippen molar-refractivity contribution in [3.8, 4) is 5.69 Å². The van der Waals surface area contributed by atoms with Crippen LogP contribution >= 0.6 is 0 Å². The standard InChI is InChI=1S/C12H14N6O/c19-11(14-9-6-7-9)8-13-12-15-16-17-18(12)10-4-2-1-3-5-10/h1-5,9H,6-8H2,(H,14,19)(H,13,15,17). The van der Waals surface area contributed by atoms with E-state index in [0.717, 1.165) is 18.5 Å². The van der Waals surface area contributed by atoms with Crippen molar-refractivity contribution >= 4 is 11.9 Å². The van der Waals surface area contributed by atoms with Crippen molar-refractivity contribution in [2.24, 2.45) is 0 Å². The number of hydrogen-bond donors (Lipinski definition) is 2. The molecule has 0 atom stereocenters. The molecule has 19 heavy (non-hydrogen) atoms. The van der Waals surface area contributed by atoms with Gasteiger partial charge in [0.05, 0.1) is 12.2 Å². The van der Waals surface area contributed by atoms with Gasteiger partial charge in [-0.3, -0.25) is 4.79 Å². The molecule has 98 valence electrons. The fourth-order valence-corrected chi connectivity index (χ4v) is 1.71. The molecular formula is C12H14N6O. The van der Waals surface area contributed by atoms with Crippen LogP contribution in [0, 0.1) is 0 Å². The number of carbonyl (C=O) groups is 1. The lowest BCUT2D eigenvalue weighted by Gasteiger charge is -2.07. The van der Waals surface area contributed by atoms with Crippen LogP contribution in [0.15, 0.2) is 30.3 Å². The van der Waals surface area contributed by atoms with Crippen LogP contribution in [-0.2, 0) is 4.79 Å². The Bertz CT molecular complexity index is 563. The first-order valence-corrected chi connectivity index (χ1v) is 6.20. The van der Waals surface area contributed by atoms with Crippen molar-refractivity contribution < 1.29 is 4.79 Å². The number of amides is 1. The first-order chi connectivity index (χ1) is 9.33. The van der Waals surface area contributed by atoms with E-state index in [0.29, 0.717) is 12.0 Å². The van der Waals surface area contributed by atoms with Gasteiger partial charge >= 0.3 is 0 Å². The van der Waals surface area contributed by atoms with Crippen LogP contribution in [0.5, 0.6) is 0 Å². The molecule has 1 aliphatic rings. The minimum atomic E-state index is -0.0369. The van der Waals surface area contributed by atoms with Crippen LogP contribution in [0.25, 0.3) is 5.69 Å². The van der Waals surface area contributed by atoms with Crippen LogP contribution in [-0.4, -0.2) is 38.7 Å². The molecule has 0 spiro atoms. The summed E-state index contributed by atoms with van der Waals surface area (Å²) >= 11 is 0. The Morgan fingerprint density at radius 2 is 2.11 bits per heavy atom. The van der Waals surface area contributed by atoms with E-state index < -0.39 is 0 Å². The summed E-state index contributed by atoms with van der Waals surface area (Å²) < 4.78 is 1.56. The highest BCUT2D eigenvalue weighted by atomic mass is 16.2. The number of benzene rings is 1. The summed E-state index contributed by atoms with van der Waals surface area (Å²) in [6.45, 7) is 0.170. The lowest BCUT2D eigenvalue weighted by molar-refractivity contribution is -0.119. The molecule has 1 aliphatic carbocycles. The molecule has 2 aromatic rings. The Morgan fingerprint density at radius 1 is 1.32 bits per heavy atom. The molecule has 1 fully saturated rings. The third-order valence-electron chi connectivity index (χ3n) is 2.82. The molecule has 1 aromatic carbocycles. The van der Waals surface area contributed by atoms with Gasteiger partial charge in [0.15, 0.2) is 0 Å². The summed E-state index contributed by atoms with van der Waals surface area (Å²) in [5.74, 6) is 0.419. The SMILES string of the molecule is O=C(CNc1nnnn1-c1ccccc1)NC1CC1. The number of carbonyl (C=O) groups excluding carboxylic acids is 1. The molecule has 3 rings (SSSR count). The van der Waals surface area contributed by atoms with Crippen molar-refractivity contribution in [1.82, 2.24) is 25.5 Å². The molecule has 0 radical (unpaired) electrons. The molecule has 0 unspecified atom stereocenters. The van der Waals surface area contributed by atoms with Gasteiger partial charge in [0, 0.05) is 6.04 Å². The van der Waals surface area contributed by atoms with Crippen LogP contribution in [0.4, 0.5) is 5.95 Å². The van der Waals surface area contributed by atoms with Gasteiger partial charge in [-0.1, -0.05) is 23.3 Å². The van der Waals surface area contributed by atoms with E-state index >= 15 is 0 Å². The number of tetrazole rings is 1. The topological polar surface area (TPSA) is 84.7 Å². The number of hydrogen-bond acceptors (Lipinski definition) is 5. The van der Waals surface area contributed by atoms with Crippen LogP contribution < -0.4 is 10.6 Å². The zero-order chi connectivity index (χ0) is 13.1. The average Bonchev–Trinajstić information content (AvgIpc) is 3.12. The second-order valence-electron chi connectivity index (χ2n) is 4.45. The largest absolute Gasteiger partial charge is 0.352 e. The number of aromatic nitrogens is 4. The molecule has 2 N–H and O–H groups in total. The lowest BCUT2D eigenvalue weighted by Crippen LogP contribution is -2.32. The summed E-state index contributed by atoms with van der Waals surface area (Å²) in [5.41, 5.74) is 0.845. The fraction of sp³-hybridized carbons (Fsp3) is 0.333. The van der Waals surface area contributed by atoms with Crippen LogP contribution in [0.2, 0.25) is 0 Å². The predicted octanol–water partition coefficient (Wildman–Crippen LogP) is 0.353. The lowest BCUT2D eigenvalue weighted by atomic mass is 10.3. The molecule has 0 saturated heterocycles. The van der Waals surface area contributed by atoms with Crippen molar-refractivity contribution in [2.45, 2.75) is 18.9 Å². The molecule has 0 aliphatic heterocycles. The molecule has 1 heterocycles. The summed E-state index contributed by atoms with van der Waals surface area (Å²) in [7, 11) is 0. The van der Waals surface area contributed by atoms with Gasteiger partial charge in [0.1, 0.15) is 0 Å². The number of rotatable bonds is 5.